The van der Waals surface area contributed by atoms with Crippen molar-refractivity contribution in [2.75, 3.05) is 0 Å². The van der Waals surface area contributed by atoms with Gasteiger partial charge in [-0.05, 0) is 49.2 Å². The third kappa shape index (κ3) is 3.05. The number of carbonyl (C=O) groups is 2. The highest BCUT2D eigenvalue weighted by Gasteiger charge is 2.29. The number of carboxylic acids is 1. The van der Waals surface area contributed by atoms with Crippen molar-refractivity contribution < 1.29 is 28.6 Å². The Morgan fingerprint density at radius 2 is 1.78 bits per heavy atom. The van der Waals surface area contributed by atoms with Gasteiger partial charge in [0.15, 0.2) is 11.6 Å². The van der Waals surface area contributed by atoms with E-state index in [1.807, 2.05) is 0 Å². The average Bonchev–Trinajstić information content (AvgIpc) is 2.88. The summed E-state index contributed by atoms with van der Waals surface area (Å²) in [5.41, 5.74) is 0.982. The van der Waals surface area contributed by atoms with Gasteiger partial charge >= 0.3 is 5.97 Å². The van der Waals surface area contributed by atoms with Gasteiger partial charge in [-0.25, -0.2) is 8.78 Å². The van der Waals surface area contributed by atoms with Crippen LogP contribution in [-0.2, 0) is 4.79 Å². The fourth-order valence-corrected chi connectivity index (χ4v) is 3.37. The molecule has 140 valence electrons. The topological polar surface area (TPSA) is 79.5 Å². The summed E-state index contributed by atoms with van der Waals surface area (Å²) in [5, 5.41) is 19.6. The molecule has 7 heteroatoms. The molecule has 1 atom stereocenters. The largest absolute Gasteiger partial charge is 0.505 e. The van der Waals surface area contributed by atoms with Gasteiger partial charge in [-0.2, -0.15) is 0 Å². The van der Waals surface area contributed by atoms with E-state index in [-0.39, 0.29) is 22.9 Å². The Morgan fingerprint density at radius 1 is 1.15 bits per heavy atom. The number of hydrogen-bond acceptors (Lipinski definition) is 3. The summed E-state index contributed by atoms with van der Waals surface area (Å²) in [6, 6.07) is 6.99. The Bertz CT molecular complexity index is 1050. The first-order chi connectivity index (χ1) is 12.8. The molecule has 0 aliphatic heterocycles. The van der Waals surface area contributed by atoms with E-state index >= 15 is 0 Å². The van der Waals surface area contributed by atoms with Crippen molar-refractivity contribution in [3.05, 3.63) is 64.9 Å². The van der Waals surface area contributed by atoms with Crippen molar-refractivity contribution in [3.63, 3.8) is 0 Å². The van der Waals surface area contributed by atoms with Crippen LogP contribution in [-0.4, -0.2) is 26.7 Å². The van der Waals surface area contributed by atoms with E-state index in [1.54, 1.807) is 13.8 Å². The molecule has 2 N–H and O–H groups in total. The lowest BCUT2D eigenvalue weighted by atomic mass is 9.94. The molecule has 0 aliphatic rings. The van der Waals surface area contributed by atoms with Crippen LogP contribution in [0.2, 0.25) is 0 Å². The molecule has 1 heterocycles. The first kappa shape index (κ1) is 18.6. The zero-order valence-corrected chi connectivity index (χ0v) is 14.7. The van der Waals surface area contributed by atoms with Crippen LogP contribution in [0, 0.1) is 18.6 Å². The summed E-state index contributed by atoms with van der Waals surface area (Å²) in [7, 11) is 0. The van der Waals surface area contributed by atoms with Crippen LogP contribution in [0.15, 0.2) is 36.4 Å². The third-order valence-electron chi connectivity index (χ3n) is 4.67. The lowest BCUT2D eigenvalue weighted by Gasteiger charge is -2.12. The van der Waals surface area contributed by atoms with Gasteiger partial charge in [0.25, 0.3) is 5.91 Å². The number of nitrogens with zero attached hydrogens (tertiary/aromatic N) is 1. The molecule has 0 aliphatic carbocycles. The SMILES string of the molecule is CCC(C(=O)O)c1c(C)n(C(=O)c2ccc(F)cc2)c2cc(F)c(O)cc12. The Kier molecular flexibility index (Phi) is 4.70. The number of carbonyl (C=O) groups excluding carboxylic acids is 1. The van der Waals surface area contributed by atoms with Crippen molar-refractivity contribution >= 4 is 22.8 Å². The standard InChI is InChI=1S/C20H17F2NO4/c1-3-13(20(26)27)18-10(2)23(16-9-15(22)17(24)8-14(16)18)19(25)11-4-6-12(21)7-5-11/h4-9,13,24H,3H2,1-2H3,(H,26,27). The molecule has 0 saturated carbocycles. The second-order valence-corrected chi connectivity index (χ2v) is 6.27. The second kappa shape index (κ2) is 6.83. The maximum absolute atomic E-state index is 14.0. The van der Waals surface area contributed by atoms with Crippen LogP contribution < -0.4 is 0 Å². The predicted molar refractivity (Wildman–Crippen MR) is 95.1 cm³/mol. The minimum atomic E-state index is -1.09. The monoisotopic (exact) mass is 373 g/mol. The molecule has 0 radical (unpaired) electrons. The molecule has 0 spiro atoms. The van der Waals surface area contributed by atoms with E-state index in [2.05, 4.69) is 0 Å². The second-order valence-electron chi connectivity index (χ2n) is 6.27. The highest BCUT2D eigenvalue weighted by atomic mass is 19.1. The fourth-order valence-electron chi connectivity index (χ4n) is 3.37. The number of phenols is 1. The van der Waals surface area contributed by atoms with E-state index in [0.29, 0.717) is 11.3 Å². The summed E-state index contributed by atoms with van der Waals surface area (Å²) >= 11 is 0. The Labute approximate surface area is 153 Å². The molecule has 0 bridgehead atoms. The van der Waals surface area contributed by atoms with E-state index in [1.165, 1.54) is 16.7 Å². The van der Waals surface area contributed by atoms with Gasteiger partial charge in [-0.15, -0.1) is 0 Å². The first-order valence-corrected chi connectivity index (χ1v) is 8.32. The first-order valence-electron chi connectivity index (χ1n) is 8.32. The number of benzene rings is 2. The van der Waals surface area contributed by atoms with Crippen LogP contribution in [0.5, 0.6) is 5.75 Å². The number of halogens is 2. The van der Waals surface area contributed by atoms with Gasteiger partial charge in [-0.3, -0.25) is 14.2 Å². The van der Waals surface area contributed by atoms with Gasteiger partial charge in [0, 0.05) is 22.7 Å². The molecule has 5 nitrogen and oxygen atoms in total. The lowest BCUT2D eigenvalue weighted by Crippen LogP contribution is -2.16. The minimum absolute atomic E-state index is 0.145. The Morgan fingerprint density at radius 3 is 2.33 bits per heavy atom. The Balaban J connectivity index is 2.34. The van der Waals surface area contributed by atoms with E-state index in [0.717, 1.165) is 24.3 Å². The molecule has 0 amide bonds. The van der Waals surface area contributed by atoms with Gasteiger partial charge in [-0.1, -0.05) is 6.92 Å². The van der Waals surface area contributed by atoms with E-state index < -0.39 is 35.2 Å². The zero-order chi connectivity index (χ0) is 19.9. The van der Waals surface area contributed by atoms with Crippen molar-refractivity contribution in [2.45, 2.75) is 26.2 Å². The average molecular weight is 373 g/mol. The molecule has 3 rings (SSSR count). The van der Waals surface area contributed by atoms with Crippen molar-refractivity contribution in [1.82, 2.24) is 4.57 Å². The highest BCUT2D eigenvalue weighted by molar-refractivity contribution is 6.05. The fraction of sp³-hybridized carbons (Fsp3) is 0.200. The van der Waals surface area contributed by atoms with Crippen molar-refractivity contribution in [2.24, 2.45) is 0 Å². The molecule has 27 heavy (non-hydrogen) atoms. The maximum atomic E-state index is 14.0. The number of carboxylic acid groups (broad SMARTS) is 1. The quantitative estimate of drug-likeness (QED) is 0.718. The maximum Gasteiger partial charge on any atom is 0.311 e. The van der Waals surface area contributed by atoms with Crippen molar-refractivity contribution in [1.29, 1.82) is 0 Å². The van der Waals surface area contributed by atoms with E-state index in [4.69, 9.17) is 0 Å². The lowest BCUT2D eigenvalue weighted by molar-refractivity contribution is -0.138. The number of aromatic hydroxyl groups is 1. The van der Waals surface area contributed by atoms with Crippen LogP contribution in [0.3, 0.4) is 0 Å². The smallest absolute Gasteiger partial charge is 0.311 e. The van der Waals surface area contributed by atoms with Crippen molar-refractivity contribution in [3.8, 4) is 5.75 Å². The number of aromatic nitrogens is 1. The van der Waals surface area contributed by atoms with Crippen LogP contribution >= 0.6 is 0 Å². The molecule has 1 unspecified atom stereocenters. The normalized spacial score (nSPS) is 12.3. The highest BCUT2D eigenvalue weighted by Crippen LogP contribution is 2.37. The van der Waals surface area contributed by atoms with E-state index in [9.17, 15) is 28.6 Å². The molecule has 1 aromatic heterocycles. The third-order valence-corrected chi connectivity index (χ3v) is 4.67. The summed E-state index contributed by atoms with van der Waals surface area (Å²) in [6.07, 6.45) is 0.248. The summed E-state index contributed by atoms with van der Waals surface area (Å²) in [6.45, 7) is 3.25. The molecule has 3 aromatic rings. The van der Waals surface area contributed by atoms with Crippen LogP contribution in [0.25, 0.3) is 10.9 Å². The van der Waals surface area contributed by atoms with Gasteiger partial charge in [0.2, 0.25) is 0 Å². The molecular weight excluding hydrogens is 356 g/mol. The minimum Gasteiger partial charge on any atom is -0.505 e. The summed E-state index contributed by atoms with van der Waals surface area (Å²) < 4.78 is 28.4. The number of aliphatic carboxylic acids is 1. The molecule has 0 fully saturated rings. The summed E-state index contributed by atoms with van der Waals surface area (Å²) in [4.78, 5) is 24.7. The number of hydrogen-bond donors (Lipinski definition) is 2. The predicted octanol–water partition coefficient (Wildman–Crippen LogP) is 4.20. The zero-order valence-electron chi connectivity index (χ0n) is 14.7. The van der Waals surface area contributed by atoms with Gasteiger partial charge < -0.3 is 10.2 Å². The molecule has 2 aromatic carbocycles. The molecular formula is C20H17F2NO4. The molecule has 0 saturated heterocycles. The number of phenolic OH excluding ortho intramolecular Hbond substituents is 1. The van der Waals surface area contributed by atoms with Gasteiger partial charge in [0.05, 0.1) is 11.4 Å². The van der Waals surface area contributed by atoms with Crippen LogP contribution in [0.4, 0.5) is 8.78 Å². The summed E-state index contributed by atoms with van der Waals surface area (Å²) in [5.74, 6) is -4.63. The van der Waals surface area contributed by atoms with Crippen LogP contribution in [0.1, 0.15) is 40.9 Å². The van der Waals surface area contributed by atoms with Gasteiger partial charge in [0.1, 0.15) is 5.82 Å². The number of fused-ring (bicyclic) bond motifs is 1. The number of rotatable bonds is 4. The Hall–Kier alpha value is -3.22.